The van der Waals surface area contributed by atoms with Crippen molar-refractivity contribution >= 4 is 17.4 Å². The first-order chi connectivity index (χ1) is 14.4. The smallest absolute Gasteiger partial charge is 0.293 e. The first kappa shape index (κ1) is 24.7. The van der Waals surface area contributed by atoms with Gasteiger partial charge in [-0.15, -0.1) is 6.58 Å². The standard InChI is InChI=1S/C19H19NO2.C3H6O2.C3H6/c1-12-9-16(22-4)10-19-17(12)11-18(13(2)20-19)14-5-7-15(21-3)8-6-14;1-2-5-3-4;1-3-2/h5-11H,1-4H3;3H,2H2,1H3;3H,1H2,2H3. The zero-order chi connectivity index (χ0) is 22.5. The van der Waals surface area contributed by atoms with Gasteiger partial charge in [-0.2, -0.15) is 0 Å². The van der Waals surface area contributed by atoms with E-state index in [0.717, 1.165) is 44.8 Å². The summed E-state index contributed by atoms with van der Waals surface area (Å²) in [4.78, 5) is 13.9. The molecule has 2 aromatic carbocycles. The third-order valence-corrected chi connectivity index (χ3v) is 4.18. The molecule has 5 heteroatoms. The summed E-state index contributed by atoms with van der Waals surface area (Å²) in [5, 5.41) is 1.15. The lowest BCUT2D eigenvalue weighted by Gasteiger charge is -2.11. The van der Waals surface area contributed by atoms with Gasteiger partial charge in [-0.1, -0.05) is 18.2 Å². The van der Waals surface area contributed by atoms with Crippen molar-refractivity contribution in [3.05, 3.63) is 66.4 Å². The molecular formula is C25H31NO4. The number of pyridine rings is 1. The number of rotatable bonds is 5. The maximum absolute atomic E-state index is 9.18. The van der Waals surface area contributed by atoms with Crippen LogP contribution in [-0.2, 0) is 9.53 Å². The zero-order valence-corrected chi connectivity index (χ0v) is 18.7. The van der Waals surface area contributed by atoms with Gasteiger partial charge < -0.3 is 14.2 Å². The molecule has 160 valence electrons. The molecule has 0 fully saturated rings. The minimum Gasteiger partial charge on any atom is -0.497 e. The Labute approximate surface area is 179 Å². The van der Waals surface area contributed by atoms with Crippen LogP contribution in [0.25, 0.3) is 22.0 Å². The van der Waals surface area contributed by atoms with Crippen molar-refractivity contribution < 1.29 is 19.0 Å². The summed E-state index contributed by atoms with van der Waals surface area (Å²) >= 11 is 0. The topological polar surface area (TPSA) is 57.7 Å². The number of nitrogens with zero attached hydrogens (tertiary/aromatic N) is 1. The van der Waals surface area contributed by atoms with E-state index in [1.54, 1.807) is 27.2 Å². The fraction of sp³-hybridized carbons (Fsp3) is 0.280. The molecule has 0 atom stereocenters. The number of hydrogen-bond acceptors (Lipinski definition) is 5. The minimum atomic E-state index is 0.431. The van der Waals surface area contributed by atoms with Crippen LogP contribution in [0.1, 0.15) is 25.1 Å². The summed E-state index contributed by atoms with van der Waals surface area (Å²) in [6, 6.07) is 14.3. The molecule has 0 saturated heterocycles. The van der Waals surface area contributed by atoms with E-state index in [2.05, 4.69) is 36.4 Å². The van der Waals surface area contributed by atoms with E-state index in [0.29, 0.717) is 13.1 Å². The molecule has 0 saturated carbocycles. The van der Waals surface area contributed by atoms with Gasteiger partial charge in [0, 0.05) is 22.7 Å². The van der Waals surface area contributed by atoms with Crippen molar-refractivity contribution in [2.75, 3.05) is 20.8 Å². The third kappa shape index (κ3) is 6.92. The Morgan fingerprint density at radius 1 is 1.00 bits per heavy atom. The molecule has 5 nitrogen and oxygen atoms in total. The Hall–Kier alpha value is -3.34. The molecule has 0 unspecified atom stereocenters. The number of allylic oxidation sites excluding steroid dienone is 1. The Morgan fingerprint density at radius 2 is 1.60 bits per heavy atom. The van der Waals surface area contributed by atoms with E-state index in [1.807, 2.05) is 38.1 Å². The summed E-state index contributed by atoms with van der Waals surface area (Å²) in [7, 11) is 3.35. The largest absolute Gasteiger partial charge is 0.497 e. The zero-order valence-electron chi connectivity index (χ0n) is 18.7. The van der Waals surface area contributed by atoms with Gasteiger partial charge >= 0.3 is 0 Å². The summed E-state index contributed by atoms with van der Waals surface area (Å²) in [5.74, 6) is 1.70. The van der Waals surface area contributed by atoms with E-state index >= 15 is 0 Å². The van der Waals surface area contributed by atoms with Crippen LogP contribution >= 0.6 is 0 Å². The van der Waals surface area contributed by atoms with Crippen molar-refractivity contribution in [3.63, 3.8) is 0 Å². The van der Waals surface area contributed by atoms with Crippen molar-refractivity contribution in [1.29, 1.82) is 0 Å². The van der Waals surface area contributed by atoms with E-state index in [4.69, 9.17) is 14.5 Å². The third-order valence-electron chi connectivity index (χ3n) is 4.18. The highest BCUT2D eigenvalue weighted by Gasteiger charge is 2.09. The van der Waals surface area contributed by atoms with Crippen LogP contribution < -0.4 is 9.47 Å². The number of hydrogen-bond donors (Lipinski definition) is 0. The monoisotopic (exact) mass is 409 g/mol. The number of ether oxygens (including phenoxy) is 3. The lowest BCUT2D eigenvalue weighted by atomic mass is 10.00. The van der Waals surface area contributed by atoms with Crippen LogP contribution in [0.4, 0.5) is 0 Å². The Morgan fingerprint density at radius 3 is 2.07 bits per heavy atom. The van der Waals surface area contributed by atoms with Crippen LogP contribution in [0.2, 0.25) is 0 Å². The van der Waals surface area contributed by atoms with Gasteiger partial charge in [0.1, 0.15) is 11.5 Å². The summed E-state index contributed by atoms with van der Waals surface area (Å²) < 4.78 is 14.7. The number of carbonyl (C=O) groups is 1. The Kier molecular flexibility index (Phi) is 10.7. The number of carbonyl (C=O) groups excluding carboxylic acids is 1. The number of benzene rings is 2. The van der Waals surface area contributed by atoms with Crippen molar-refractivity contribution in [1.82, 2.24) is 4.98 Å². The van der Waals surface area contributed by atoms with E-state index in [1.165, 1.54) is 0 Å². The summed E-state index contributed by atoms with van der Waals surface area (Å²) in [6.07, 6.45) is 1.75. The number of aryl methyl sites for hydroxylation is 2. The molecule has 0 spiro atoms. The second-order valence-electron chi connectivity index (χ2n) is 6.32. The quantitative estimate of drug-likeness (QED) is 0.387. The molecule has 0 bridgehead atoms. The number of fused-ring (bicyclic) bond motifs is 1. The highest BCUT2D eigenvalue weighted by atomic mass is 16.5. The van der Waals surface area contributed by atoms with Crippen molar-refractivity contribution in [2.24, 2.45) is 0 Å². The lowest BCUT2D eigenvalue weighted by molar-refractivity contribution is -0.128. The average molecular weight is 410 g/mol. The first-order valence-corrected chi connectivity index (χ1v) is 9.68. The molecule has 1 aromatic heterocycles. The van der Waals surface area contributed by atoms with Crippen LogP contribution in [0.3, 0.4) is 0 Å². The number of aromatic nitrogens is 1. The SMILES string of the molecule is C=CC.CCOC=O.COc1ccc(-c2cc3c(C)cc(OC)cc3nc2C)cc1. The molecule has 0 radical (unpaired) electrons. The van der Waals surface area contributed by atoms with Crippen molar-refractivity contribution in [2.45, 2.75) is 27.7 Å². The van der Waals surface area contributed by atoms with Crippen LogP contribution in [0, 0.1) is 13.8 Å². The fourth-order valence-corrected chi connectivity index (χ4v) is 2.77. The minimum absolute atomic E-state index is 0.431. The average Bonchev–Trinajstić information content (AvgIpc) is 2.75. The normalized spacial score (nSPS) is 9.40. The van der Waals surface area contributed by atoms with E-state index in [9.17, 15) is 4.79 Å². The molecular weight excluding hydrogens is 378 g/mol. The molecule has 0 aliphatic heterocycles. The molecule has 0 aliphatic rings. The number of methoxy groups -OCH3 is 2. The highest BCUT2D eigenvalue weighted by Crippen LogP contribution is 2.31. The van der Waals surface area contributed by atoms with Gasteiger partial charge in [-0.05, 0) is 63.1 Å². The lowest BCUT2D eigenvalue weighted by Crippen LogP contribution is -1.93. The van der Waals surface area contributed by atoms with Gasteiger partial charge in [-0.3, -0.25) is 9.78 Å². The molecule has 0 N–H and O–H groups in total. The van der Waals surface area contributed by atoms with Crippen LogP contribution in [0.5, 0.6) is 11.5 Å². The van der Waals surface area contributed by atoms with E-state index < -0.39 is 0 Å². The van der Waals surface area contributed by atoms with Gasteiger partial charge in [0.25, 0.3) is 6.47 Å². The second-order valence-corrected chi connectivity index (χ2v) is 6.32. The maximum atomic E-state index is 9.18. The van der Waals surface area contributed by atoms with Crippen LogP contribution in [0.15, 0.2) is 55.1 Å². The predicted octanol–water partition coefficient (Wildman–Crippen LogP) is 5.91. The molecule has 30 heavy (non-hydrogen) atoms. The van der Waals surface area contributed by atoms with Crippen LogP contribution in [-0.4, -0.2) is 32.3 Å². The molecule has 3 rings (SSSR count). The van der Waals surface area contributed by atoms with Gasteiger partial charge in [0.15, 0.2) is 0 Å². The predicted molar refractivity (Wildman–Crippen MR) is 123 cm³/mol. The fourth-order valence-electron chi connectivity index (χ4n) is 2.77. The molecule has 3 aromatic rings. The maximum Gasteiger partial charge on any atom is 0.293 e. The Bertz CT molecular complexity index is 950. The first-order valence-electron chi connectivity index (χ1n) is 9.68. The van der Waals surface area contributed by atoms with Gasteiger partial charge in [0.2, 0.25) is 0 Å². The van der Waals surface area contributed by atoms with Gasteiger partial charge in [-0.25, -0.2) is 0 Å². The highest BCUT2D eigenvalue weighted by molar-refractivity contribution is 5.88. The second kappa shape index (κ2) is 13.0. The molecule has 0 aliphatic carbocycles. The molecule has 0 amide bonds. The Balaban J connectivity index is 0.000000485. The van der Waals surface area contributed by atoms with Gasteiger partial charge in [0.05, 0.1) is 26.3 Å². The summed E-state index contributed by atoms with van der Waals surface area (Å²) in [6.45, 7) is 12.0. The van der Waals surface area contributed by atoms with Crippen molar-refractivity contribution in [3.8, 4) is 22.6 Å². The molecule has 1 heterocycles. The summed E-state index contributed by atoms with van der Waals surface area (Å²) in [5.41, 5.74) is 5.42. The van der Waals surface area contributed by atoms with E-state index in [-0.39, 0.29) is 0 Å².